The van der Waals surface area contributed by atoms with E-state index in [2.05, 4.69) is 6.92 Å². The smallest absolute Gasteiger partial charge is 0.264 e. The van der Waals surface area contributed by atoms with E-state index in [-0.39, 0.29) is 18.6 Å². The number of rotatable bonds is 3. The summed E-state index contributed by atoms with van der Waals surface area (Å²) in [5, 5.41) is 11.0. The standard InChI is InChI=1S/C12H17NO3S/c1-2-9-3-6-17-11(9)12(15)13-4-5-16-10(7-13)8-14/h3,6,10,14H,2,4-5,7-8H2,1H3. The van der Waals surface area contributed by atoms with Crippen molar-refractivity contribution >= 4 is 17.2 Å². The normalized spacial score (nSPS) is 20.6. The summed E-state index contributed by atoms with van der Waals surface area (Å²) in [7, 11) is 0. The van der Waals surface area contributed by atoms with Gasteiger partial charge in [0.25, 0.3) is 5.91 Å². The molecule has 1 saturated heterocycles. The second kappa shape index (κ2) is 5.62. The van der Waals surface area contributed by atoms with Crippen LogP contribution in [0.5, 0.6) is 0 Å². The molecule has 1 unspecified atom stereocenters. The number of amides is 1. The predicted molar refractivity (Wildman–Crippen MR) is 66.4 cm³/mol. The second-order valence-corrected chi connectivity index (χ2v) is 4.97. The van der Waals surface area contributed by atoms with Gasteiger partial charge in [0.2, 0.25) is 0 Å². The van der Waals surface area contributed by atoms with Gasteiger partial charge in [0, 0.05) is 13.1 Å². The maximum atomic E-state index is 12.3. The van der Waals surface area contributed by atoms with E-state index in [4.69, 9.17) is 9.84 Å². The van der Waals surface area contributed by atoms with Gasteiger partial charge in [0.15, 0.2) is 0 Å². The molecule has 1 atom stereocenters. The summed E-state index contributed by atoms with van der Waals surface area (Å²) in [4.78, 5) is 14.9. The molecule has 0 aromatic carbocycles. The molecule has 1 aliphatic heterocycles. The molecule has 0 saturated carbocycles. The molecule has 2 rings (SSSR count). The van der Waals surface area contributed by atoms with Gasteiger partial charge >= 0.3 is 0 Å². The van der Waals surface area contributed by atoms with Crippen LogP contribution in [0.25, 0.3) is 0 Å². The van der Waals surface area contributed by atoms with Crippen LogP contribution in [0.4, 0.5) is 0 Å². The molecule has 1 aliphatic rings. The minimum absolute atomic E-state index is 0.0329. The molecule has 1 N–H and O–H groups in total. The number of hydrogen-bond acceptors (Lipinski definition) is 4. The van der Waals surface area contributed by atoms with Crippen molar-refractivity contribution in [2.45, 2.75) is 19.4 Å². The molecule has 0 radical (unpaired) electrons. The highest BCUT2D eigenvalue weighted by atomic mass is 32.1. The SMILES string of the molecule is CCc1ccsc1C(=O)N1CCOC(CO)C1. The van der Waals surface area contributed by atoms with Gasteiger partial charge in [-0.15, -0.1) is 11.3 Å². The number of morpholine rings is 1. The van der Waals surface area contributed by atoms with Gasteiger partial charge in [-0.05, 0) is 23.4 Å². The summed E-state index contributed by atoms with van der Waals surface area (Å²) >= 11 is 1.49. The average Bonchev–Trinajstić information content (AvgIpc) is 2.86. The summed E-state index contributed by atoms with van der Waals surface area (Å²) in [6.07, 6.45) is 0.635. The first-order chi connectivity index (χ1) is 8.26. The number of aliphatic hydroxyl groups is 1. The van der Waals surface area contributed by atoms with Crippen molar-refractivity contribution in [3.8, 4) is 0 Å². The van der Waals surface area contributed by atoms with Crippen LogP contribution >= 0.6 is 11.3 Å². The molecule has 4 nitrogen and oxygen atoms in total. The van der Waals surface area contributed by atoms with E-state index >= 15 is 0 Å². The van der Waals surface area contributed by atoms with Crippen LogP contribution < -0.4 is 0 Å². The summed E-state index contributed by atoms with van der Waals surface area (Å²) in [5.41, 5.74) is 1.10. The first kappa shape index (κ1) is 12.5. The second-order valence-electron chi connectivity index (χ2n) is 4.06. The van der Waals surface area contributed by atoms with Crippen LogP contribution in [-0.4, -0.2) is 48.3 Å². The monoisotopic (exact) mass is 255 g/mol. The topological polar surface area (TPSA) is 49.8 Å². The third-order valence-electron chi connectivity index (χ3n) is 2.95. The largest absolute Gasteiger partial charge is 0.394 e. The van der Waals surface area contributed by atoms with E-state index in [1.165, 1.54) is 11.3 Å². The number of thiophene rings is 1. The molecule has 1 amide bonds. The lowest BCUT2D eigenvalue weighted by Crippen LogP contribution is -2.46. The van der Waals surface area contributed by atoms with Crippen LogP contribution in [-0.2, 0) is 11.2 Å². The van der Waals surface area contributed by atoms with Gasteiger partial charge < -0.3 is 14.7 Å². The number of aryl methyl sites for hydroxylation is 1. The van der Waals surface area contributed by atoms with Gasteiger partial charge in [-0.25, -0.2) is 0 Å². The van der Waals surface area contributed by atoms with Gasteiger partial charge in [0.1, 0.15) is 0 Å². The van der Waals surface area contributed by atoms with E-state index in [0.29, 0.717) is 19.7 Å². The van der Waals surface area contributed by atoms with Gasteiger partial charge in [0.05, 0.1) is 24.2 Å². The fraction of sp³-hybridized carbons (Fsp3) is 0.583. The van der Waals surface area contributed by atoms with Gasteiger partial charge in [-0.2, -0.15) is 0 Å². The molecule has 17 heavy (non-hydrogen) atoms. The average molecular weight is 255 g/mol. The Morgan fingerprint density at radius 1 is 1.71 bits per heavy atom. The van der Waals surface area contributed by atoms with Crippen molar-refractivity contribution in [3.05, 3.63) is 21.9 Å². The fourth-order valence-electron chi connectivity index (χ4n) is 1.96. The molecule has 1 aromatic heterocycles. The number of carbonyl (C=O) groups excluding carboxylic acids is 1. The molecule has 0 spiro atoms. The minimum Gasteiger partial charge on any atom is -0.394 e. The van der Waals surface area contributed by atoms with Crippen LogP contribution in [0.2, 0.25) is 0 Å². The molecule has 1 fully saturated rings. The maximum Gasteiger partial charge on any atom is 0.264 e. The van der Waals surface area contributed by atoms with E-state index in [1.54, 1.807) is 4.90 Å². The van der Waals surface area contributed by atoms with Crippen molar-refractivity contribution in [2.24, 2.45) is 0 Å². The number of nitrogens with zero attached hydrogens (tertiary/aromatic N) is 1. The first-order valence-electron chi connectivity index (χ1n) is 5.84. The molecular formula is C12H17NO3S. The Morgan fingerprint density at radius 2 is 2.53 bits per heavy atom. The Labute approximate surface area is 105 Å². The zero-order chi connectivity index (χ0) is 12.3. The lowest BCUT2D eigenvalue weighted by atomic mass is 10.2. The Kier molecular flexibility index (Phi) is 4.15. The third-order valence-corrected chi connectivity index (χ3v) is 3.90. The summed E-state index contributed by atoms with van der Waals surface area (Å²) in [6, 6.07) is 2.00. The Hall–Kier alpha value is -0.910. The van der Waals surface area contributed by atoms with Crippen LogP contribution in [0, 0.1) is 0 Å². The van der Waals surface area contributed by atoms with Crippen LogP contribution in [0.1, 0.15) is 22.2 Å². The van der Waals surface area contributed by atoms with Crippen molar-refractivity contribution in [1.82, 2.24) is 4.90 Å². The molecule has 0 bridgehead atoms. The fourth-order valence-corrected chi connectivity index (χ4v) is 2.92. The highest BCUT2D eigenvalue weighted by Gasteiger charge is 2.26. The zero-order valence-electron chi connectivity index (χ0n) is 9.89. The number of ether oxygens (including phenoxy) is 1. The van der Waals surface area contributed by atoms with Crippen LogP contribution in [0.15, 0.2) is 11.4 Å². The minimum atomic E-state index is -0.238. The van der Waals surface area contributed by atoms with Crippen molar-refractivity contribution in [2.75, 3.05) is 26.3 Å². The number of aliphatic hydroxyl groups excluding tert-OH is 1. The quantitative estimate of drug-likeness (QED) is 0.881. The third kappa shape index (κ3) is 2.68. The van der Waals surface area contributed by atoms with E-state index in [9.17, 15) is 4.79 Å². The Morgan fingerprint density at radius 3 is 3.24 bits per heavy atom. The van der Waals surface area contributed by atoms with Gasteiger partial charge in [-0.1, -0.05) is 6.92 Å². The maximum absolute atomic E-state index is 12.3. The summed E-state index contributed by atoms with van der Waals surface area (Å²) < 4.78 is 5.34. The number of carbonyl (C=O) groups is 1. The van der Waals surface area contributed by atoms with Crippen molar-refractivity contribution in [3.63, 3.8) is 0 Å². The number of hydrogen-bond donors (Lipinski definition) is 1. The highest BCUT2D eigenvalue weighted by Crippen LogP contribution is 2.20. The Balaban J connectivity index is 2.09. The molecule has 2 heterocycles. The first-order valence-corrected chi connectivity index (χ1v) is 6.72. The lowest BCUT2D eigenvalue weighted by Gasteiger charge is -2.32. The van der Waals surface area contributed by atoms with Crippen molar-refractivity contribution < 1.29 is 14.6 Å². The van der Waals surface area contributed by atoms with E-state index in [0.717, 1.165) is 16.9 Å². The van der Waals surface area contributed by atoms with E-state index < -0.39 is 0 Å². The zero-order valence-corrected chi connectivity index (χ0v) is 10.7. The van der Waals surface area contributed by atoms with Gasteiger partial charge in [-0.3, -0.25) is 4.79 Å². The molecule has 5 heteroatoms. The Bertz CT molecular complexity index is 391. The summed E-state index contributed by atoms with van der Waals surface area (Å²) in [5.74, 6) is 0.0681. The summed E-state index contributed by atoms with van der Waals surface area (Å²) in [6.45, 7) is 3.61. The lowest BCUT2D eigenvalue weighted by molar-refractivity contribution is -0.0446. The molecule has 94 valence electrons. The van der Waals surface area contributed by atoms with Crippen molar-refractivity contribution in [1.29, 1.82) is 0 Å². The molecule has 0 aliphatic carbocycles. The predicted octanol–water partition coefficient (Wildman–Crippen LogP) is 1.14. The highest BCUT2D eigenvalue weighted by molar-refractivity contribution is 7.12. The molecular weight excluding hydrogens is 238 g/mol. The van der Waals surface area contributed by atoms with E-state index in [1.807, 2.05) is 11.4 Å². The van der Waals surface area contributed by atoms with Crippen LogP contribution in [0.3, 0.4) is 0 Å². The molecule has 1 aromatic rings.